The van der Waals surface area contributed by atoms with Gasteiger partial charge < -0.3 is 15.8 Å². The lowest BCUT2D eigenvalue weighted by Gasteiger charge is -2.27. The topological polar surface area (TPSA) is 67.6 Å². The van der Waals surface area contributed by atoms with Gasteiger partial charge in [0.2, 0.25) is 0 Å². The number of hydrogen-bond acceptors (Lipinski definition) is 4. The molecule has 1 atom stereocenters. The minimum absolute atomic E-state index is 0.103. The molecular weight excluding hydrogens is 374 g/mol. The van der Waals surface area contributed by atoms with E-state index in [0.717, 1.165) is 44.5 Å². The van der Waals surface area contributed by atoms with Crippen molar-refractivity contribution in [1.82, 2.24) is 10.2 Å². The molecule has 2 aromatic carbocycles. The second-order valence-electron chi connectivity index (χ2n) is 8.66. The average molecular weight is 412 g/mol. The van der Waals surface area contributed by atoms with Crippen molar-refractivity contribution in [2.24, 2.45) is 5.73 Å². The van der Waals surface area contributed by atoms with Gasteiger partial charge in [-0.1, -0.05) is 60.7 Å². The Morgan fingerprint density at radius 2 is 1.63 bits per heavy atom. The maximum absolute atomic E-state index is 12.4. The van der Waals surface area contributed by atoms with Crippen molar-refractivity contribution in [1.29, 1.82) is 0 Å². The Bertz CT molecular complexity index is 729. The van der Waals surface area contributed by atoms with Crippen molar-refractivity contribution in [2.75, 3.05) is 19.6 Å². The van der Waals surface area contributed by atoms with Crippen LogP contribution in [-0.4, -0.2) is 36.2 Å². The molecule has 30 heavy (non-hydrogen) atoms. The van der Waals surface area contributed by atoms with Crippen LogP contribution < -0.4 is 11.1 Å². The number of benzene rings is 2. The fourth-order valence-corrected chi connectivity index (χ4v) is 3.36. The van der Waals surface area contributed by atoms with Crippen molar-refractivity contribution in [3.63, 3.8) is 0 Å². The monoisotopic (exact) mass is 411 g/mol. The number of alkyl carbamates (subject to hydrolysis) is 1. The number of rotatable bonds is 11. The second kappa shape index (κ2) is 12.4. The van der Waals surface area contributed by atoms with E-state index in [-0.39, 0.29) is 12.1 Å². The molecule has 0 radical (unpaired) electrons. The number of carbonyl (C=O) groups is 1. The third kappa shape index (κ3) is 9.42. The number of hydrogen-bond donors (Lipinski definition) is 2. The van der Waals surface area contributed by atoms with Gasteiger partial charge in [0, 0.05) is 13.1 Å². The molecule has 0 aliphatic heterocycles. The van der Waals surface area contributed by atoms with Crippen molar-refractivity contribution >= 4 is 6.09 Å². The van der Waals surface area contributed by atoms with Crippen LogP contribution in [-0.2, 0) is 11.3 Å². The zero-order valence-electron chi connectivity index (χ0n) is 18.6. The molecule has 5 heteroatoms. The molecule has 0 bridgehead atoms. The lowest BCUT2D eigenvalue weighted by molar-refractivity contribution is 0.0497. The summed E-state index contributed by atoms with van der Waals surface area (Å²) >= 11 is 0. The quantitative estimate of drug-likeness (QED) is 0.517. The van der Waals surface area contributed by atoms with Crippen LogP contribution in [0.25, 0.3) is 0 Å². The molecule has 0 aliphatic rings. The highest BCUT2D eigenvalue weighted by molar-refractivity contribution is 5.68. The van der Waals surface area contributed by atoms with Crippen LogP contribution in [0, 0.1) is 0 Å². The van der Waals surface area contributed by atoms with E-state index in [1.54, 1.807) is 0 Å². The number of ether oxygens (including phenoxy) is 1. The number of amides is 1. The van der Waals surface area contributed by atoms with Crippen molar-refractivity contribution in [3.05, 3.63) is 71.8 Å². The lowest BCUT2D eigenvalue weighted by atomic mass is 10.0. The Morgan fingerprint density at radius 1 is 1.00 bits per heavy atom. The van der Waals surface area contributed by atoms with Gasteiger partial charge in [-0.25, -0.2) is 4.79 Å². The number of nitrogens with zero attached hydrogens (tertiary/aromatic N) is 1. The first-order valence-corrected chi connectivity index (χ1v) is 10.9. The molecule has 2 rings (SSSR count). The summed E-state index contributed by atoms with van der Waals surface area (Å²) in [6.07, 6.45) is 2.51. The Labute approximate surface area is 181 Å². The molecule has 164 valence electrons. The van der Waals surface area contributed by atoms with E-state index in [4.69, 9.17) is 10.5 Å². The van der Waals surface area contributed by atoms with Crippen LogP contribution in [0.4, 0.5) is 4.79 Å². The summed E-state index contributed by atoms with van der Waals surface area (Å²) in [6.45, 7) is 9.09. The summed E-state index contributed by atoms with van der Waals surface area (Å²) in [6, 6.07) is 20.5. The maximum atomic E-state index is 12.4. The van der Waals surface area contributed by atoms with Gasteiger partial charge in [0.25, 0.3) is 0 Å². The third-order valence-corrected chi connectivity index (χ3v) is 4.80. The molecule has 0 aromatic heterocycles. The average Bonchev–Trinajstić information content (AvgIpc) is 2.71. The molecule has 0 saturated heterocycles. The highest BCUT2D eigenvalue weighted by atomic mass is 16.6. The normalized spacial score (nSPS) is 12.6. The van der Waals surface area contributed by atoms with Gasteiger partial charge in [0.05, 0.1) is 6.04 Å². The van der Waals surface area contributed by atoms with Crippen LogP contribution in [0.3, 0.4) is 0 Å². The smallest absolute Gasteiger partial charge is 0.408 e. The predicted molar refractivity (Wildman–Crippen MR) is 123 cm³/mol. The molecule has 3 N–H and O–H groups in total. The summed E-state index contributed by atoms with van der Waals surface area (Å²) in [7, 11) is 0. The first-order chi connectivity index (χ1) is 14.4. The molecule has 5 nitrogen and oxygen atoms in total. The fourth-order valence-electron chi connectivity index (χ4n) is 3.36. The summed E-state index contributed by atoms with van der Waals surface area (Å²) in [4.78, 5) is 14.9. The van der Waals surface area contributed by atoms with E-state index >= 15 is 0 Å². The molecule has 0 heterocycles. The standard InChI is InChI=1S/C25H37N3O2/c1-25(2,3)30-24(29)27-23(22-14-8-5-9-15-22)16-19-28(18-11-10-17-26)20-21-12-6-4-7-13-21/h4-9,12-15,23H,10-11,16-20,26H2,1-3H3,(H,27,29). The fraction of sp³-hybridized carbons (Fsp3) is 0.480. The molecular formula is C25H37N3O2. The second-order valence-corrected chi connectivity index (χ2v) is 8.66. The summed E-state index contributed by atoms with van der Waals surface area (Å²) < 4.78 is 5.49. The number of nitrogens with two attached hydrogens (primary N) is 1. The first kappa shape index (κ1) is 23.9. The van der Waals surface area contributed by atoms with Crippen molar-refractivity contribution in [2.45, 2.75) is 58.2 Å². The third-order valence-electron chi connectivity index (χ3n) is 4.80. The Hall–Kier alpha value is -2.37. The molecule has 0 aliphatic carbocycles. The van der Waals surface area contributed by atoms with Gasteiger partial charge in [0.1, 0.15) is 5.60 Å². The molecule has 1 amide bonds. The first-order valence-electron chi connectivity index (χ1n) is 10.9. The zero-order chi connectivity index (χ0) is 21.8. The van der Waals surface area contributed by atoms with E-state index in [2.05, 4.69) is 46.6 Å². The van der Waals surface area contributed by atoms with Crippen LogP contribution in [0.1, 0.15) is 57.2 Å². The van der Waals surface area contributed by atoms with E-state index in [9.17, 15) is 4.79 Å². The van der Waals surface area contributed by atoms with E-state index in [1.165, 1.54) is 5.56 Å². The SMILES string of the molecule is CC(C)(C)OC(=O)NC(CCN(CCCCN)Cc1ccccc1)c1ccccc1. The number of carbonyl (C=O) groups excluding carboxylic acids is 1. The van der Waals surface area contributed by atoms with Gasteiger partial charge >= 0.3 is 6.09 Å². The Morgan fingerprint density at radius 3 is 2.23 bits per heavy atom. The Balaban J connectivity index is 2.05. The minimum atomic E-state index is -0.521. The van der Waals surface area contributed by atoms with Gasteiger partial charge in [0.15, 0.2) is 0 Å². The van der Waals surface area contributed by atoms with Gasteiger partial charge in [-0.15, -0.1) is 0 Å². The zero-order valence-corrected chi connectivity index (χ0v) is 18.6. The van der Waals surface area contributed by atoms with Crippen LogP contribution in [0.2, 0.25) is 0 Å². The lowest BCUT2D eigenvalue weighted by Crippen LogP contribution is -2.37. The van der Waals surface area contributed by atoms with E-state index in [1.807, 2.05) is 45.0 Å². The molecule has 1 unspecified atom stereocenters. The largest absolute Gasteiger partial charge is 0.444 e. The van der Waals surface area contributed by atoms with Crippen molar-refractivity contribution in [3.8, 4) is 0 Å². The van der Waals surface area contributed by atoms with Gasteiger partial charge in [-0.05, 0) is 64.3 Å². The van der Waals surface area contributed by atoms with Crippen LogP contribution >= 0.6 is 0 Å². The summed E-state index contributed by atoms with van der Waals surface area (Å²) in [5.74, 6) is 0. The van der Waals surface area contributed by atoms with E-state index < -0.39 is 5.60 Å². The number of unbranched alkanes of at least 4 members (excludes halogenated alkanes) is 1. The maximum Gasteiger partial charge on any atom is 0.408 e. The number of nitrogens with one attached hydrogen (secondary N) is 1. The molecule has 2 aromatic rings. The van der Waals surface area contributed by atoms with Gasteiger partial charge in [-0.2, -0.15) is 0 Å². The summed E-state index contributed by atoms with van der Waals surface area (Å²) in [5, 5.41) is 3.07. The molecule has 0 saturated carbocycles. The molecule has 0 fully saturated rings. The summed E-state index contributed by atoms with van der Waals surface area (Å²) in [5.41, 5.74) is 7.55. The van der Waals surface area contributed by atoms with Crippen LogP contribution in [0.15, 0.2) is 60.7 Å². The van der Waals surface area contributed by atoms with Crippen molar-refractivity contribution < 1.29 is 9.53 Å². The Kier molecular flexibility index (Phi) is 9.84. The highest BCUT2D eigenvalue weighted by Gasteiger charge is 2.21. The van der Waals surface area contributed by atoms with E-state index in [0.29, 0.717) is 6.54 Å². The van der Waals surface area contributed by atoms with Gasteiger partial charge in [-0.3, -0.25) is 4.90 Å². The van der Waals surface area contributed by atoms with Crippen LogP contribution in [0.5, 0.6) is 0 Å². The predicted octanol–water partition coefficient (Wildman–Crippen LogP) is 4.88. The minimum Gasteiger partial charge on any atom is -0.444 e. The molecule has 0 spiro atoms. The highest BCUT2D eigenvalue weighted by Crippen LogP contribution is 2.19.